The first kappa shape index (κ1) is 64.2. The molecule has 0 aromatic rings. The van der Waals surface area contributed by atoms with Crippen LogP contribution in [0.2, 0.25) is 0 Å². The summed E-state index contributed by atoms with van der Waals surface area (Å²) in [6.07, 6.45) is 0. The maximum Gasteiger partial charge on any atom is 5.00 e. The van der Waals surface area contributed by atoms with Crippen LogP contribution in [-0.4, -0.2) is 0 Å². The predicted molar refractivity (Wildman–Crippen MR) is 1.37 cm³/mol. The minimum atomic E-state index is 0. The van der Waals surface area contributed by atoms with Gasteiger partial charge in [0.1, 0.15) is 0 Å². The molecule has 0 rings (SSSR count). The van der Waals surface area contributed by atoms with Gasteiger partial charge in [-0.1, -0.05) is 0 Å². The molecule has 0 bridgehead atoms. The Hall–Kier alpha value is 1.19. The molecular weight excluding hydrogens is 267 g/mol. The molecule has 0 spiro atoms. The summed E-state index contributed by atoms with van der Waals surface area (Å²) in [5, 5.41) is 0. The molecular formula is O2VW+5. The zero-order valence-corrected chi connectivity index (χ0v) is 6.00. The summed E-state index contributed by atoms with van der Waals surface area (Å²) in [5.74, 6) is 0. The van der Waals surface area contributed by atoms with Gasteiger partial charge in [-0.15, -0.1) is 0 Å². The first-order valence-corrected chi connectivity index (χ1v) is 0. The maximum atomic E-state index is 0. The molecule has 0 atom stereocenters. The largest absolute Gasteiger partial charge is 5.00 e. The second-order valence-electron chi connectivity index (χ2n) is 0. The van der Waals surface area contributed by atoms with Gasteiger partial charge >= 0.3 is 39.6 Å². The van der Waals surface area contributed by atoms with Crippen LogP contribution in [0.25, 0.3) is 0 Å². The Kier molecular flexibility index (Phi) is 482. The van der Waals surface area contributed by atoms with Gasteiger partial charge in [0.15, 0.2) is 0 Å². The van der Waals surface area contributed by atoms with E-state index >= 15 is 0 Å². The van der Waals surface area contributed by atoms with E-state index in [-0.39, 0.29) is 50.6 Å². The van der Waals surface area contributed by atoms with Gasteiger partial charge in [-0.25, -0.2) is 0 Å². The van der Waals surface area contributed by atoms with Gasteiger partial charge in [-0.2, -0.15) is 0 Å². The molecule has 0 unspecified atom stereocenters. The molecule has 0 saturated heterocycles. The first-order valence-electron chi connectivity index (χ1n) is 0. The van der Waals surface area contributed by atoms with E-state index < -0.39 is 0 Å². The zero-order chi connectivity index (χ0) is 0. The van der Waals surface area contributed by atoms with Gasteiger partial charge in [0.05, 0.1) is 0 Å². The van der Waals surface area contributed by atoms with Crippen LogP contribution in [0.4, 0.5) is 0 Å². The Bertz CT molecular complexity index is 6.00. The standard InChI is InChI=1S/2O.V.W/q2*-2;+5;+4. The molecule has 0 heterocycles. The van der Waals surface area contributed by atoms with E-state index in [4.69, 9.17) is 0 Å². The fourth-order valence-corrected chi connectivity index (χ4v) is 0. The van der Waals surface area contributed by atoms with Crippen molar-refractivity contribution in [3.63, 3.8) is 0 Å². The third-order valence-electron chi connectivity index (χ3n) is 0. The first-order chi connectivity index (χ1) is 0. The zero-order valence-electron chi connectivity index (χ0n) is 1.67. The van der Waals surface area contributed by atoms with Crippen molar-refractivity contribution < 1.29 is 50.6 Å². The number of rotatable bonds is 0. The van der Waals surface area contributed by atoms with E-state index in [1.165, 1.54) is 0 Å². The van der Waals surface area contributed by atoms with Crippen LogP contribution in [0.5, 0.6) is 0 Å². The van der Waals surface area contributed by atoms with Crippen molar-refractivity contribution in [2.24, 2.45) is 0 Å². The molecule has 0 radical (unpaired) electrons. The number of hydrogen-bond donors (Lipinski definition) is 0. The molecule has 0 aliphatic carbocycles. The number of hydrogen-bond acceptors (Lipinski definition) is 0. The van der Waals surface area contributed by atoms with E-state index in [1.807, 2.05) is 0 Å². The van der Waals surface area contributed by atoms with Crippen LogP contribution in [0.3, 0.4) is 0 Å². The van der Waals surface area contributed by atoms with Crippen LogP contribution in [0, 0.1) is 0 Å². The summed E-state index contributed by atoms with van der Waals surface area (Å²) in [5.41, 5.74) is 0. The summed E-state index contributed by atoms with van der Waals surface area (Å²) >= 11 is 0. The molecule has 0 aliphatic heterocycles. The Labute approximate surface area is 50.7 Å². The fraction of sp³-hybridized carbons (Fsp3) is 0. The monoisotopic (exact) mass is 267 g/mol. The Morgan fingerprint density at radius 3 is 0.750 bits per heavy atom. The van der Waals surface area contributed by atoms with E-state index in [0.29, 0.717) is 0 Å². The van der Waals surface area contributed by atoms with Crippen molar-refractivity contribution in [2.75, 3.05) is 0 Å². The Balaban J connectivity index is 0. The van der Waals surface area contributed by atoms with Crippen molar-refractivity contribution in [1.82, 2.24) is 0 Å². The summed E-state index contributed by atoms with van der Waals surface area (Å²) < 4.78 is 0. The van der Waals surface area contributed by atoms with Crippen molar-refractivity contribution in [2.45, 2.75) is 0 Å². The predicted octanol–water partition coefficient (Wildman–Crippen LogP) is -0.243. The summed E-state index contributed by atoms with van der Waals surface area (Å²) in [7, 11) is 0. The fourth-order valence-electron chi connectivity index (χ4n) is 0. The maximum absolute atomic E-state index is 0. The van der Waals surface area contributed by atoms with E-state index in [9.17, 15) is 0 Å². The van der Waals surface area contributed by atoms with Gasteiger partial charge in [-0.05, 0) is 0 Å². The van der Waals surface area contributed by atoms with Gasteiger partial charge in [0, 0.05) is 0 Å². The van der Waals surface area contributed by atoms with Crippen LogP contribution < -0.4 is 0 Å². The minimum Gasteiger partial charge on any atom is -2.00 e. The quantitative estimate of drug-likeness (QED) is 0.581. The molecule has 0 aromatic heterocycles. The minimum absolute atomic E-state index is 0. The van der Waals surface area contributed by atoms with Gasteiger partial charge in [-0.3, -0.25) is 0 Å². The molecule has 0 N–H and O–H groups in total. The molecule has 0 fully saturated rings. The van der Waals surface area contributed by atoms with E-state index in [1.54, 1.807) is 0 Å². The Morgan fingerprint density at radius 1 is 0.750 bits per heavy atom. The summed E-state index contributed by atoms with van der Waals surface area (Å²) in [6.45, 7) is 0. The van der Waals surface area contributed by atoms with Crippen LogP contribution in [0.1, 0.15) is 0 Å². The molecule has 2 nitrogen and oxygen atoms in total. The van der Waals surface area contributed by atoms with Crippen molar-refractivity contribution >= 4 is 0 Å². The van der Waals surface area contributed by atoms with Gasteiger partial charge < -0.3 is 11.0 Å². The van der Waals surface area contributed by atoms with Crippen molar-refractivity contribution in [3.8, 4) is 0 Å². The average Bonchev–Trinajstić information content (AvgIpc) is 0. The third-order valence-corrected chi connectivity index (χ3v) is 0. The molecule has 18 valence electrons. The average molecular weight is 267 g/mol. The van der Waals surface area contributed by atoms with Crippen molar-refractivity contribution in [1.29, 1.82) is 0 Å². The Morgan fingerprint density at radius 2 is 0.750 bits per heavy atom. The SMILES string of the molecule is [O-2].[O-2].[V+5].[W+4]. The molecule has 0 aliphatic rings. The summed E-state index contributed by atoms with van der Waals surface area (Å²) in [4.78, 5) is 0. The molecule has 0 amide bonds. The second kappa shape index (κ2) is 30.0. The summed E-state index contributed by atoms with van der Waals surface area (Å²) in [6, 6.07) is 0. The molecule has 4 heteroatoms. The van der Waals surface area contributed by atoms with E-state index in [2.05, 4.69) is 0 Å². The van der Waals surface area contributed by atoms with E-state index in [0.717, 1.165) is 0 Å². The normalized spacial score (nSPS) is 0. The molecule has 0 saturated carbocycles. The smallest absolute Gasteiger partial charge is 2.00 e. The molecule has 0 aromatic carbocycles. The van der Waals surface area contributed by atoms with Crippen LogP contribution in [0.15, 0.2) is 0 Å². The second-order valence-corrected chi connectivity index (χ2v) is 0. The van der Waals surface area contributed by atoms with Crippen LogP contribution in [-0.2, 0) is 50.6 Å². The van der Waals surface area contributed by atoms with Gasteiger partial charge in [0.25, 0.3) is 0 Å². The molecule has 4 heavy (non-hydrogen) atoms. The topological polar surface area (TPSA) is 57.0 Å². The van der Waals surface area contributed by atoms with Gasteiger partial charge in [0.2, 0.25) is 0 Å². The van der Waals surface area contributed by atoms with Crippen LogP contribution >= 0.6 is 0 Å². The van der Waals surface area contributed by atoms with Crippen molar-refractivity contribution in [3.05, 3.63) is 0 Å². The third kappa shape index (κ3) is 10.8.